The van der Waals surface area contributed by atoms with Gasteiger partial charge in [0.1, 0.15) is 5.60 Å². The van der Waals surface area contributed by atoms with E-state index < -0.39 is 5.60 Å². The van der Waals surface area contributed by atoms with E-state index in [4.69, 9.17) is 15.7 Å². The highest BCUT2D eigenvalue weighted by Gasteiger charge is 2.50. The molecule has 0 unspecified atom stereocenters. The molecule has 22 heavy (non-hydrogen) atoms. The number of likely N-dealkylation sites (N-methyl/N-ethyl adjacent to an activating group) is 1. The molecule has 0 aromatic heterocycles. The summed E-state index contributed by atoms with van der Waals surface area (Å²) in [4.78, 5) is 16.0. The predicted octanol–water partition coefficient (Wildman–Crippen LogP) is 1.60. The summed E-state index contributed by atoms with van der Waals surface area (Å²) in [7, 11) is 1.76. The lowest BCUT2D eigenvalue weighted by Crippen LogP contribution is -2.69. The highest BCUT2D eigenvalue weighted by Crippen LogP contribution is 2.39. The molecule has 0 atom stereocenters. The van der Waals surface area contributed by atoms with Gasteiger partial charge in [0.2, 0.25) is 0 Å². The average Bonchev–Trinajstić information content (AvgIpc) is 2.84. The molecule has 3 N–H and O–H groups in total. The minimum atomic E-state index is -0.491. The highest BCUT2D eigenvalue weighted by atomic mass is 16.6. The fraction of sp³-hybridized carbons (Fsp3) is 0.867. The van der Waals surface area contributed by atoms with Crippen molar-refractivity contribution in [2.24, 2.45) is 10.9 Å². The molecule has 2 rings (SSSR count). The number of oxime groups is 1. The third-order valence-electron chi connectivity index (χ3n) is 4.71. The first-order valence-corrected chi connectivity index (χ1v) is 7.88. The maximum Gasteiger partial charge on any atom is 0.410 e. The largest absolute Gasteiger partial charge is 0.444 e. The van der Waals surface area contributed by atoms with Crippen molar-refractivity contribution in [2.75, 3.05) is 20.1 Å². The molecule has 7 nitrogen and oxygen atoms in total. The highest BCUT2D eigenvalue weighted by molar-refractivity contribution is 5.90. The van der Waals surface area contributed by atoms with Crippen LogP contribution in [0.2, 0.25) is 0 Å². The number of ether oxygens (including phenoxy) is 1. The van der Waals surface area contributed by atoms with Gasteiger partial charge in [0.05, 0.1) is 11.6 Å². The number of amides is 1. The predicted molar refractivity (Wildman–Crippen MR) is 84.0 cm³/mol. The van der Waals surface area contributed by atoms with Gasteiger partial charge in [-0.15, -0.1) is 0 Å². The van der Waals surface area contributed by atoms with E-state index in [0.717, 1.165) is 38.8 Å². The summed E-state index contributed by atoms with van der Waals surface area (Å²) in [5.41, 5.74) is 5.12. The van der Waals surface area contributed by atoms with Gasteiger partial charge in [-0.25, -0.2) is 4.79 Å². The van der Waals surface area contributed by atoms with Crippen LogP contribution in [0.1, 0.15) is 46.5 Å². The average molecular weight is 312 g/mol. The molecule has 1 aliphatic heterocycles. The van der Waals surface area contributed by atoms with Gasteiger partial charge in [-0.05, 0) is 33.6 Å². The van der Waals surface area contributed by atoms with Crippen molar-refractivity contribution in [1.29, 1.82) is 0 Å². The zero-order valence-corrected chi connectivity index (χ0v) is 14.0. The second-order valence-electron chi connectivity index (χ2n) is 7.37. The Morgan fingerprint density at radius 1 is 1.36 bits per heavy atom. The summed E-state index contributed by atoms with van der Waals surface area (Å²) < 4.78 is 5.39. The number of nitrogens with two attached hydrogens (primary N) is 1. The van der Waals surface area contributed by atoms with E-state index in [-0.39, 0.29) is 17.7 Å². The first-order valence-electron chi connectivity index (χ1n) is 7.88. The number of nitrogens with zero attached hydrogens (tertiary/aromatic N) is 3. The molecule has 0 spiro atoms. The molecule has 1 amide bonds. The van der Waals surface area contributed by atoms with Crippen LogP contribution in [0, 0.1) is 0 Å². The van der Waals surface area contributed by atoms with Crippen molar-refractivity contribution >= 4 is 11.9 Å². The molecule has 1 saturated carbocycles. The summed E-state index contributed by atoms with van der Waals surface area (Å²) in [5, 5.41) is 12.3. The van der Waals surface area contributed by atoms with Crippen molar-refractivity contribution in [3.8, 4) is 0 Å². The molecule has 1 saturated heterocycles. The van der Waals surface area contributed by atoms with Crippen LogP contribution in [0.4, 0.5) is 4.79 Å². The van der Waals surface area contributed by atoms with Crippen molar-refractivity contribution < 1.29 is 14.7 Å². The number of carbonyl (C=O) groups is 1. The van der Waals surface area contributed by atoms with Crippen LogP contribution in [0.15, 0.2) is 5.16 Å². The lowest BCUT2D eigenvalue weighted by molar-refractivity contribution is -0.0263. The lowest BCUT2D eigenvalue weighted by Gasteiger charge is -2.52. The van der Waals surface area contributed by atoms with Gasteiger partial charge in [-0.1, -0.05) is 18.0 Å². The summed E-state index contributed by atoms with van der Waals surface area (Å²) in [5.74, 6) is 0.295. The van der Waals surface area contributed by atoms with Gasteiger partial charge in [0.25, 0.3) is 0 Å². The lowest BCUT2D eigenvalue weighted by atomic mass is 9.88. The van der Waals surface area contributed by atoms with E-state index in [1.165, 1.54) is 0 Å². The van der Waals surface area contributed by atoms with E-state index in [2.05, 4.69) is 10.1 Å². The zero-order chi connectivity index (χ0) is 16.5. The van der Waals surface area contributed by atoms with Gasteiger partial charge in [-0.2, -0.15) is 0 Å². The number of hydrogen-bond donors (Lipinski definition) is 2. The fourth-order valence-corrected chi connectivity index (χ4v) is 3.32. The van der Waals surface area contributed by atoms with Gasteiger partial charge in [-0.3, -0.25) is 4.90 Å². The molecule has 1 heterocycles. The molecule has 2 aliphatic rings. The smallest absolute Gasteiger partial charge is 0.410 e. The van der Waals surface area contributed by atoms with E-state index in [9.17, 15) is 4.79 Å². The van der Waals surface area contributed by atoms with Crippen LogP contribution in [0.5, 0.6) is 0 Å². The quantitative estimate of drug-likeness (QED) is 0.357. The Bertz CT molecular complexity index is 446. The monoisotopic (exact) mass is 312 g/mol. The Labute approximate surface area is 132 Å². The molecule has 7 heteroatoms. The Kier molecular flexibility index (Phi) is 4.56. The topological polar surface area (TPSA) is 91.4 Å². The normalized spacial score (nSPS) is 23.2. The maximum atomic E-state index is 12.1. The summed E-state index contributed by atoms with van der Waals surface area (Å²) in [6, 6.07) is 0.110. The zero-order valence-electron chi connectivity index (χ0n) is 14.0. The Morgan fingerprint density at radius 3 is 2.36 bits per heavy atom. The molecule has 0 radical (unpaired) electrons. The van der Waals surface area contributed by atoms with Gasteiger partial charge in [0, 0.05) is 20.1 Å². The third-order valence-corrected chi connectivity index (χ3v) is 4.71. The number of amidine groups is 1. The van der Waals surface area contributed by atoms with Crippen LogP contribution in [0.3, 0.4) is 0 Å². The summed E-state index contributed by atoms with van der Waals surface area (Å²) >= 11 is 0. The fourth-order valence-electron chi connectivity index (χ4n) is 3.32. The second-order valence-corrected chi connectivity index (χ2v) is 7.37. The van der Waals surface area contributed by atoms with Gasteiger partial charge in [0.15, 0.2) is 5.84 Å². The first-order chi connectivity index (χ1) is 10.2. The van der Waals surface area contributed by atoms with E-state index in [1.807, 2.05) is 20.8 Å². The molecule has 0 aromatic carbocycles. The van der Waals surface area contributed by atoms with Crippen LogP contribution >= 0.6 is 0 Å². The van der Waals surface area contributed by atoms with Crippen LogP contribution in [-0.4, -0.2) is 64.3 Å². The summed E-state index contributed by atoms with van der Waals surface area (Å²) in [6.07, 6.45) is 3.68. The van der Waals surface area contributed by atoms with Crippen molar-refractivity contribution in [3.63, 3.8) is 0 Å². The molecule has 1 aliphatic carbocycles. The van der Waals surface area contributed by atoms with Gasteiger partial charge < -0.3 is 20.6 Å². The first kappa shape index (κ1) is 16.9. The minimum absolute atomic E-state index is 0.110. The third kappa shape index (κ3) is 3.14. The van der Waals surface area contributed by atoms with Crippen LogP contribution in [-0.2, 0) is 4.74 Å². The van der Waals surface area contributed by atoms with E-state index in [1.54, 1.807) is 11.9 Å². The number of likely N-dealkylation sites (tertiary alicyclic amines) is 1. The molecule has 2 fully saturated rings. The number of carbonyl (C=O) groups excluding carboxylic acids is 1. The van der Waals surface area contributed by atoms with Crippen LogP contribution in [0.25, 0.3) is 0 Å². The molecule has 126 valence electrons. The number of rotatable bonds is 3. The van der Waals surface area contributed by atoms with Gasteiger partial charge >= 0.3 is 6.09 Å². The van der Waals surface area contributed by atoms with Crippen molar-refractivity contribution in [3.05, 3.63) is 0 Å². The minimum Gasteiger partial charge on any atom is -0.444 e. The van der Waals surface area contributed by atoms with Crippen molar-refractivity contribution in [1.82, 2.24) is 9.80 Å². The Balaban J connectivity index is 1.95. The SMILES string of the molecule is CN(C(=O)OC(C)(C)C)C1CN(C2(/C(N)=N/O)CCCC2)C1. The van der Waals surface area contributed by atoms with Crippen molar-refractivity contribution in [2.45, 2.75) is 63.6 Å². The molecular formula is C15H28N4O3. The second kappa shape index (κ2) is 5.95. The Hall–Kier alpha value is -1.50. The molecular weight excluding hydrogens is 284 g/mol. The summed E-state index contributed by atoms with van der Waals surface area (Å²) in [6.45, 7) is 7.03. The van der Waals surface area contributed by atoms with E-state index in [0.29, 0.717) is 5.84 Å². The standard InChI is InChI=1S/C15H28N4O3/c1-14(2,3)22-13(20)18(4)11-9-19(10-11)15(12(16)17-21)7-5-6-8-15/h11,21H,5-10H2,1-4H3,(H2,16,17). The maximum absolute atomic E-state index is 12.1. The van der Waals surface area contributed by atoms with E-state index >= 15 is 0 Å². The van der Waals surface area contributed by atoms with Crippen LogP contribution < -0.4 is 5.73 Å². The number of hydrogen-bond acceptors (Lipinski definition) is 5. The molecule has 0 aromatic rings. The Morgan fingerprint density at radius 2 is 1.91 bits per heavy atom. The molecule has 0 bridgehead atoms.